The molecule has 0 aliphatic carbocycles. The largest absolute Gasteiger partial charge is 0.484 e. The van der Waals surface area contributed by atoms with E-state index in [2.05, 4.69) is 13.4 Å². The van der Waals surface area contributed by atoms with Gasteiger partial charge in [0.2, 0.25) is 0 Å². The highest BCUT2D eigenvalue weighted by atomic mass is 31.3. The Kier molecular flexibility index (Phi) is 5.43. The zero-order valence-electron chi connectivity index (χ0n) is 7.98. The smallest absolute Gasteiger partial charge is 0.302 e. The molecule has 86 valence electrons. The summed E-state index contributed by atoms with van der Waals surface area (Å²) in [6.07, 6.45) is 0. The van der Waals surface area contributed by atoms with Crippen molar-refractivity contribution >= 4 is 15.6 Å². The van der Waals surface area contributed by atoms with Crippen LogP contribution in [0.25, 0.3) is 0 Å². The van der Waals surface area contributed by atoms with E-state index in [1.54, 1.807) is 14.1 Å². The van der Waals surface area contributed by atoms with Crippen LogP contribution in [0, 0.1) is 0 Å². The topological polar surface area (TPSA) is 106 Å². The van der Waals surface area contributed by atoms with Gasteiger partial charge in [-0.05, 0) is 14.1 Å². The molecular weight excluding hydrogens is 236 g/mol. The zero-order chi connectivity index (χ0) is 11.4. The van der Waals surface area contributed by atoms with Crippen LogP contribution in [0.4, 0.5) is 0 Å². The molecule has 14 heavy (non-hydrogen) atoms. The van der Waals surface area contributed by atoms with E-state index < -0.39 is 15.6 Å². The summed E-state index contributed by atoms with van der Waals surface area (Å²) in [7, 11) is -4.89. The van der Waals surface area contributed by atoms with E-state index in [9.17, 15) is 9.13 Å². The van der Waals surface area contributed by atoms with Crippen molar-refractivity contribution in [1.82, 2.24) is 4.90 Å². The van der Waals surface area contributed by atoms with Gasteiger partial charge in [-0.1, -0.05) is 0 Å². The van der Waals surface area contributed by atoms with Gasteiger partial charge >= 0.3 is 15.6 Å². The van der Waals surface area contributed by atoms with Crippen LogP contribution in [0.3, 0.4) is 0 Å². The lowest BCUT2D eigenvalue weighted by Gasteiger charge is -2.18. The summed E-state index contributed by atoms with van der Waals surface area (Å²) in [5.74, 6) is 0. The van der Waals surface area contributed by atoms with Crippen LogP contribution in [0.1, 0.15) is 0 Å². The summed E-state index contributed by atoms with van der Waals surface area (Å²) in [4.78, 5) is 18.3. The lowest BCUT2D eigenvalue weighted by molar-refractivity contribution is 0.109. The van der Waals surface area contributed by atoms with Gasteiger partial charge in [-0.25, -0.2) is 9.13 Å². The minimum atomic E-state index is -4.90. The molecule has 10 heteroatoms. The molecular formula is C4H13NO7P2. The van der Waals surface area contributed by atoms with Crippen molar-refractivity contribution in [2.75, 3.05) is 27.9 Å². The van der Waals surface area contributed by atoms with E-state index in [4.69, 9.17) is 9.79 Å². The fourth-order valence-electron chi connectivity index (χ4n) is 0.426. The number of rotatable bonds is 6. The Bertz CT molecular complexity index is 260. The van der Waals surface area contributed by atoms with Crippen LogP contribution < -0.4 is 0 Å². The second-order valence-electron chi connectivity index (χ2n) is 2.54. The average molecular weight is 249 g/mol. The first-order valence-electron chi connectivity index (χ1n) is 3.40. The maximum atomic E-state index is 11.3. The first-order valence-corrected chi connectivity index (χ1v) is 6.39. The third-order valence-corrected chi connectivity index (χ3v) is 3.43. The second-order valence-corrected chi connectivity index (χ2v) is 5.69. The Morgan fingerprint density at radius 2 is 1.79 bits per heavy atom. The van der Waals surface area contributed by atoms with Gasteiger partial charge in [0.05, 0.1) is 0 Å². The van der Waals surface area contributed by atoms with E-state index in [0.29, 0.717) is 0 Å². The minimum Gasteiger partial charge on any atom is -0.302 e. The Morgan fingerprint density at radius 1 is 1.29 bits per heavy atom. The van der Waals surface area contributed by atoms with Gasteiger partial charge in [-0.3, -0.25) is 13.9 Å². The van der Waals surface area contributed by atoms with E-state index >= 15 is 0 Å². The predicted molar refractivity (Wildman–Crippen MR) is 47.4 cm³/mol. The van der Waals surface area contributed by atoms with Gasteiger partial charge in [0.15, 0.2) is 0 Å². The highest BCUT2D eigenvalue weighted by Gasteiger charge is 2.34. The third-order valence-electron chi connectivity index (χ3n) is 0.904. The first kappa shape index (κ1) is 14.2. The second kappa shape index (κ2) is 5.34. The van der Waals surface area contributed by atoms with Crippen molar-refractivity contribution in [2.45, 2.75) is 0 Å². The molecule has 0 saturated carbocycles. The normalized spacial score (nSPS) is 17.0. The van der Waals surface area contributed by atoms with Gasteiger partial charge < -0.3 is 9.79 Å². The molecule has 0 radical (unpaired) electrons. The van der Waals surface area contributed by atoms with Crippen molar-refractivity contribution in [3.63, 3.8) is 0 Å². The summed E-state index contributed by atoms with van der Waals surface area (Å²) < 4.78 is 34.4. The monoisotopic (exact) mass is 249 g/mol. The maximum absolute atomic E-state index is 11.3. The summed E-state index contributed by atoms with van der Waals surface area (Å²) in [5, 5.41) is 0. The predicted octanol–water partition coefficient (Wildman–Crippen LogP) is 0.386. The van der Waals surface area contributed by atoms with Crippen molar-refractivity contribution in [3.05, 3.63) is 0 Å². The molecule has 1 unspecified atom stereocenters. The molecule has 0 bridgehead atoms. The number of nitrogens with zero attached hydrogens (tertiary/aromatic N) is 1. The summed E-state index contributed by atoms with van der Waals surface area (Å²) in [5.41, 5.74) is 0. The fraction of sp³-hybridized carbons (Fsp3) is 1.00. The SMILES string of the molecule is COP(=O)(OCN(C)C)OP(=O)(O)O. The molecule has 0 rings (SSSR count). The van der Waals surface area contributed by atoms with E-state index in [-0.39, 0.29) is 6.73 Å². The van der Waals surface area contributed by atoms with Gasteiger partial charge in [0.25, 0.3) is 0 Å². The van der Waals surface area contributed by atoms with Gasteiger partial charge in [-0.15, -0.1) is 0 Å². The van der Waals surface area contributed by atoms with Crippen molar-refractivity contribution < 1.29 is 32.3 Å². The Labute approximate surface area is 81.6 Å². The molecule has 0 aliphatic heterocycles. The quantitative estimate of drug-likeness (QED) is 0.514. The molecule has 0 aromatic rings. The van der Waals surface area contributed by atoms with Crippen LogP contribution in [-0.4, -0.2) is 42.6 Å². The summed E-state index contributed by atoms with van der Waals surface area (Å²) in [6.45, 7) is -0.148. The van der Waals surface area contributed by atoms with Gasteiger partial charge in [0, 0.05) is 7.11 Å². The molecule has 2 N–H and O–H groups in total. The average Bonchev–Trinajstić information content (AvgIpc) is 1.98. The molecule has 0 amide bonds. The lowest BCUT2D eigenvalue weighted by atomic mass is 11.0. The molecule has 0 spiro atoms. The van der Waals surface area contributed by atoms with Crippen LogP contribution >= 0.6 is 15.6 Å². The Balaban J connectivity index is 4.34. The number of phosphoric acid groups is 2. The molecule has 0 aromatic carbocycles. The van der Waals surface area contributed by atoms with E-state index in [0.717, 1.165) is 7.11 Å². The Morgan fingerprint density at radius 3 is 2.07 bits per heavy atom. The summed E-state index contributed by atoms with van der Waals surface area (Å²) >= 11 is 0. The third kappa shape index (κ3) is 6.64. The highest BCUT2D eigenvalue weighted by Crippen LogP contribution is 2.60. The Hall–Kier alpha value is 0.220. The molecule has 0 fully saturated rings. The molecule has 8 nitrogen and oxygen atoms in total. The van der Waals surface area contributed by atoms with Crippen LogP contribution in [-0.2, 0) is 22.5 Å². The lowest BCUT2D eigenvalue weighted by Crippen LogP contribution is -2.15. The van der Waals surface area contributed by atoms with E-state index in [1.807, 2.05) is 0 Å². The highest BCUT2D eigenvalue weighted by molar-refractivity contribution is 7.61. The van der Waals surface area contributed by atoms with Crippen LogP contribution in [0.15, 0.2) is 0 Å². The van der Waals surface area contributed by atoms with Crippen molar-refractivity contribution in [3.8, 4) is 0 Å². The van der Waals surface area contributed by atoms with Gasteiger partial charge in [-0.2, -0.15) is 4.31 Å². The van der Waals surface area contributed by atoms with Crippen molar-refractivity contribution in [2.24, 2.45) is 0 Å². The first-order chi connectivity index (χ1) is 6.18. The molecule has 0 saturated heterocycles. The van der Waals surface area contributed by atoms with Crippen LogP contribution in [0.5, 0.6) is 0 Å². The number of phosphoric ester groups is 1. The van der Waals surface area contributed by atoms with Gasteiger partial charge in [0.1, 0.15) is 6.73 Å². The molecule has 1 atom stereocenters. The fourth-order valence-corrected chi connectivity index (χ4v) is 2.40. The number of hydrogen-bond acceptors (Lipinski definition) is 6. The van der Waals surface area contributed by atoms with Crippen LogP contribution in [0.2, 0.25) is 0 Å². The standard InChI is InChI=1S/C4H13NO7P2/c1-5(2)4-11-14(9,10-3)12-13(6,7)8/h4H2,1-3H3,(H2,6,7,8). The molecule has 0 heterocycles. The number of hydrogen-bond donors (Lipinski definition) is 2. The molecule has 0 aliphatic rings. The molecule has 0 aromatic heterocycles. The van der Waals surface area contributed by atoms with E-state index in [1.165, 1.54) is 4.90 Å². The minimum absolute atomic E-state index is 0.148. The summed E-state index contributed by atoms with van der Waals surface area (Å²) in [6, 6.07) is 0. The maximum Gasteiger partial charge on any atom is 0.484 e. The zero-order valence-corrected chi connectivity index (χ0v) is 9.77. The van der Waals surface area contributed by atoms with Crippen molar-refractivity contribution in [1.29, 1.82) is 0 Å².